The molecule has 0 aliphatic rings. The van der Waals surface area contributed by atoms with Crippen molar-refractivity contribution in [3.05, 3.63) is 12.2 Å². The molecule has 0 amide bonds. The zero-order chi connectivity index (χ0) is 22.3. The number of unbranched alkanes of at least 4 members (excludes halogenated alkanes) is 8. The highest BCUT2D eigenvalue weighted by Gasteiger charge is 2.35. The minimum absolute atomic E-state index is 0.0865. The Bertz CT molecular complexity index is 484. The first-order valence-corrected chi connectivity index (χ1v) is 11.2. The second-order valence-electron chi connectivity index (χ2n) is 9.07. The van der Waals surface area contributed by atoms with E-state index in [-0.39, 0.29) is 13.0 Å². The number of rotatable bonds is 18. The maximum atomic E-state index is 12.3. The van der Waals surface area contributed by atoms with Crippen molar-refractivity contribution in [1.29, 1.82) is 0 Å². The minimum atomic E-state index is -1.69. The SMILES string of the molecule is CCCCCC/C=C\CCCCCCC(O)C(=O)C(C(=O)[O-])C(O)C[N+](C)(C)C. The average molecular weight is 414 g/mol. The summed E-state index contributed by atoms with van der Waals surface area (Å²) in [5, 5.41) is 31.5. The second kappa shape index (κ2) is 15.6. The van der Waals surface area contributed by atoms with Gasteiger partial charge in [-0.15, -0.1) is 0 Å². The van der Waals surface area contributed by atoms with Crippen LogP contribution in [0.2, 0.25) is 0 Å². The fraction of sp³-hybridized carbons (Fsp3) is 0.826. The van der Waals surface area contributed by atoms with Crippen LogP contribution >= 0.6 is 0 Å². The van der Waals surface area contributed by atoms with Crippen LogP contribution < -0.4 is 5.11 Å². The van der Waals surface area contributed by atoms with E-state index in [0.717, 1.165) is 32.1 Å². The Morgan fingerprint density at radius 2 is 1.41 bits per heavy atom. The Hall–Kier alpha value is -1.24. The van der Waals surface area contributed by atoms with Gasteiger partial charge in [-0.2, -0.15) is 0 Å². The van der Waals surface area contributed by atoms with Crippen molar-refractivity contribution in [3.63, 3.8) is 0 Å². The highest BCUT2D eigenvalue weighted by Crippen LogP contribution is 2.15. The number of quaternary nitrogens is 1. The van der Waals surface area contributed by atoms with Crippen molar-refractivity contribution in [2.45, 2.75) is 89.8 Å². The molecule has 2 N–H and O–H groups in total. The van der Waals surface area contributed by atoms with Crippen LogP contribution in [0.3, 0.4) is 0 Å². The summed E-state index contributed by atoms with van der Waals surface area (Å²) in [6.45, 7) is 2.30. The summed E-state index contributed by atoms with van der Waals surface area (Å²) in [6, 6.07) is 0. The van der Waals surface area contributed by atoms with Gasteiger partial charge in [0.05, 0.1) is 33.0 Å². The summed E-state index contributed by atoms with van der Waals surface area (Å²) < 4.78 is 0.307. The third-order valence-electron chi connectivity index (χ3n) is 5.00. The van der Waals surface area contributed by atoms with Crippen molar-refractivity contribution in [2.75, 3.05) is 27.7 Å². The largest absolute Gasteiger partial charge is 0.549 e. The number of likely N-dealkylation sites (N-methyl/N-ethyl adjacent to an activating group) is 1. The lowest BCUT2D eigenvalue weighted by Crippen LogP contribution is -2.53. The van der Waals surface area contributed by atoms with E-state index >= 15 is 0 Å². The van der Waals surface area contributed by atoms with E-state index in [4.69, 9.17) is 0 Å². The monoisotopic (exact) mass is 413 g/mol. The molecule has 6 heteroatoms. The van der Waals surface area contributed by atoms with E-state index in [2.05, 4.69) is 19.1 Å². The van der Waals surface area contributed by atoms with Crippen LogP contribution in [0.4, 0.5) is 0 Å². The topological polar surface area (TPSA) is 97.7 Å². The summed E-state index contributed by atoms with van der Waals surface area (Å²) in [5.74, 6) is -4.17. The Labute approximate surface area is 177 Å². The van der Waals surface area contributed by atoms with E-state index in [1.807, 2.05) is 0 Å². The van der Waals surface area contributed by atoms with E-state index in [1.165, 1.54) is 25.7 Å². The van der Waals surface area contributed by atoms with E-state index < -0.39 is 29.9 Å². The maximum Gasteiger partial charge on any atom is 0.172 e. The fourth-order valence-corrected chi connectivity index (χ4v) is 3.36. The number of aliphatic carboxylic acids is 1. The molecule has 0 aliphatic heterocycles. The molecule has 0 radical (unpaired) electrons. The lowest BCUT2D eigenvalue weighted by atomic mass is 9.91. The minimum Gasteiger partial charge on any atom is -0.549 e. The highest BCUT2D eigenvalue weighted by molar-refractivity contribution is 6.00. The molecule has 0 rings (SSSR count). The number of carboxylic acids is 1. The van der Waals surface area contributed by atoms with Crippen LogP contribution in [-0.2, 0) is 9.59 Å². The van der Waals surface area contributed by atoms with Gasteiger partial charge in [-0.05, 0) is 32.1 Å². The normalized spacial score (nSPS) is 15.4. The Morgan fingerprint density at radius 3 is 1.90 bits per heavy atom. The van der Waals surface area contributed by atoms with Crippen molar-refractivity contribution in [3.8, 4) is 0 Å². The number of ketones is 1. The molecular formula is C23H43NO5. The standard InChI is InChI=1S/C23H43NO5/c1-5-6-7-8-9-10-11-12-13-14-15-16-17-19(25)22(27)21(23(28)29)20(26)18-24(2,3)4/h10-11,19-21,25-26H,5-9,12-18H2,1-4H3/b11-10-. The number of aliphatic hydroxyl groups excluding tert-OH is 2. The fourth-order valence-electron chi connectivity index (χ4n) is 3.36. The van der Waals surface area contributed by atoms with Gasteiger partial charge in [0, 0.05) is 0 Å². The summed E-state index contributed by atoms with van der Waals surface area (Å²) in [5.41, 5.74) is 0. The Morgan fingerprint density at radius 1 is 0.897 bits per heavy atom. The summed E-state index contributed by atoms with van der Waals surface area (Å²) >= 11 is 0. The molecular weight excluding hydrogens is 370 g/mol. The van der Waals surface area contributed by atoms with E-state index in [1.54, 1.807) is 21.1 Å². The number of carboxylic acid groups (broad SMARTS) is 1. The molecule has 29 heavy (non-hydrogen) atoms. The van der Waals surface area contributed by atoms with Gasteiger partial charge in [0.15, 0.2) is 5.78 Å². The number of carbonyl (C=O) groups is 2. The van der Waals surface area contributed by atoms with Crippen LogP contribution in [0, 0.1) is 5.92 Å². The van der Waals surface area contributed by atoms with Crippen molar-refractivity contribution < 1.29 is 29.4 Å². The molecule has 6 nitrogen and oxygen atoms in total. The number of hydrogen-bond donors (Lipinski definition) is 2. The number of carbonyl (C=O) groups excluding carboxylic acids is 2. The average Bonchev–Trinajstić information content (AvgIpc) is 2.60. The van der Waals surface area contributed by atoms with Gasteiger partial charge in [0.2, 0.25) is 0 Å². The Kier molecular flexibility index (Phi) is 14.9. The van der Waals surface area contributed by atoms with Crippen LogP contribution in [0.15, 0.2) is 12.2 Å². The first kappa shape index (κ1) is 27.8. The molecule has 0 aliphatic carbocycles. The molecule has 0 aromatic rings. The highest BCUT2D eigenvalue weighted by atomic mass is 16.4. The van der Waals surface area contributed by atoms with Crippen LogP contribution in [0.5, 0.6) is 0 Å². The van der Waals surface area contributed by atoms with Gasteiger partial charge < -0.3 is 24.6 Å². The molecule has 0 spiro atoms. The smallest absolute Gasteiger partial charge is 0.172 e. The first-order chi connectivity index (χ1) is 13.6. The molecule has 0 bridgehead atoms. The molecule has 0 aromatic carbocycles. The van der Waals surface area contributed by atoms with Crippen LogP contribution in [0.25, 0.3) is 0 Å². The molecule has 0 aromatic heterocycles. The van der Waals surface area contributed by atoms with Crippen molar-refractivity contribution in [1.82, 2.24) is 0 Å². The van der Waals surface area contributed by atoms with Gasteiger partial charge in [-0.1, -0.05) is 57.6 Å². The molecule has 0 saturated carbocycles. The summed E-state index contributed by atoms with van der Waals surface area (Å²) in [6.07, 6.45) is 12.9. The van der Waals surface area contributed by atoms with Gasteiger partial charge in [-0.25, -0.2) is 0 Å². The quantitative estimate of drug-likeness (QED) is 0.155. The number of allylic oxidation sites excluding steroid dienone is 2. The number of nitrogens with zero attached hydrogens (tertiary/aromatic N) is 1. The number of aliphatic hydroxyl groups is 2. The molecule has 0 fully saturated rings. The van der Waals surface area contributed by atoms with Crippen LogP contribution in [-0.4, -0.2) is 66.3 Å². The lowest BCUT2D eigenvalue weighted by Gasteiger charge is -2.31. The van der Waals surface area contributed by atoms with Gasteiger partial charge in [-0.3, -0.25) is 4.79 Å². The molecule has 0 saturated heterocycles. The predicted molar refractivity (Wildman–Crippen MR) is 114 cm³/mol. The summed E-state index contributed by atoms with van der Waals surface area (Å²) in [4.78, 5) is 23.6. The van der Waals surface area contributed by atoms with E-state index in [9.17, 15) is 24.9 Å². The van der Waals surface area contributed by atoms with Gasteiger partial charge in [0.1, 0.15) is 18.8 Å². The van der Waals surface area contributed by atoms with Crippen molar-refractivity contribution >= 4 is 11.8 Å². The first-order valence-electron chi connectivity index (χ1n) is 11.2. The third kappa shape index (κ3) is 14.4. The molecule has 170 valence electrons. The summed E-state index contributed by atoms with van der Waals surface area (Å²) in [7, 11) is 5.37. The van der Waals surface area contributed by atoms with Crippen LogP contribution in [0.1, 0.15) is 77.6 Å². The third-order valence-corrected chi connectivity index (χ3v) is 5.00. The van der Waals surface area contributed by atoms with Crippen molar-refractivity contribution in [2.24, 2.45) is 5.92 Å². The van der Waals surface area contributed by atoms with Gasteiger partial charge >= 0.3 is 0 Å². The molecule has 3 atom stereocenters. The number of hydrogen-bond acceptors (Lipinski definition) is 5. The second-order valence-corrected chi connectivity index (χ2v) is 9.07. The molecule has 0 heterocycles. The zero-order valence-electron chi connectivity index (χ0n) is 18.9. The zero-order valence-corrected chi connectivity index (χ0v) is 18.9. The molecule has 3 unspecified atom stereocenters. The van der Waals surface area contributed by atoms with Gasteiger partial charge in [0.25, 0.3) is 0 Å². The predicted octanol–water partition coefficient (Wildman–Crippen LogP) is 2.22. The number of Topliss-reactive ketones (excluding diaryl/α,β-unsaturated/α-hetero) is 1. The van der Waals surface area contributed by atoms with E-state index in [0.29, 0.717) is 10.9 Å². The Balaban J connectivity index is 4.07. The lowest BCUT2D eigenvalue weighted by molar-refractivity contribution is -0.873. The maximum absolute atomic E-state index is 12.3.